The van der Waals surface area contributed by atoms with Gasteiger partial charge in [-0.1, -0.05) is 29.8 Å². The molecule has 132 valence electrons. The van der Waals surface area contributed by atoms with Crippen molar-refractivity contribution < 1.29 is 9.18 Å². The number of hydrogen-bond donors (Lipinski definition) is 1. The van der Waals surface area contributed by atoms with Crippen molar-refractivity contribution >= 4 is 28.5 Å². The standard InChI is InChI=1S/C21H19FN2OS/c1-13-9-14(2)20(15(3)10-13)18-12-26-21(23-18)24-19(25)8-7-16-5-4-6-17(22)11-16/h4-12H,1-3H3,(H,23,24,25)/b8-7+. The number of aromatic nitrogens is 1. The van der Waals surface area contributed by atoms with E-state index in [0.717, 1.165) is 22.4 Å². The number of thiazole rings is 1. The van der Waals surface area contributed by atoms with Crippen LogP contribution in [-0.4, -0.2) is 10.9 Å². The Bertz CT molecular complexity index is 968. The van der Waals surface area contributed by atoms with E-state index in [4.69, 9.17) is 0 Å². The molecule has 0 bridgehead atoms. The highest BCUT2D eigenvalue weighted by atomic mass is 32.1. The van der Waals surface area contributed by atoms with Crippen LogP contribution in [0.4, 0.5) is 9.52 Å². The van der Waals surface area contributed by atoms with Crippen LogP contribution >= 0.6 is 11.3 Å². The summed E-state index contributed by atoms with van der Waals surface area (Å²) in [6.07, 6.45) is 2.94. The van der Waals surface area contributed by atoms with Gasteiger partial charge < -0.3 is 0 Å². The van der Waals surface area contributed by atoms with Gasteiger partial charge in [0.05, 0.1) is 5.69 Å². The summed E-state index contributed by atoms with van der Waals surface area (Å²) in [4.78, 5) is 16.6. The Kier molecular flexibility index (Phi) is 5.28. The number of amides is 1. The third-order valence-electron chi connectivity index (χ3n) is 3.94. The Morgan fingerprint density at radius 2 is 1.88 bits per heavy atom. The quantitative estimate of drug-likeness (QED) is 0.617. The first-order chi connectivity index (χ1) is 12.4. The molecule has 0 atom stereocenters. The molecule has 0 spiro atoms. The third-order valence-corrected chi connectivity index (χ3v) is 4.70. The maximum absolute atomic E-state index is 13.1. The fraction of sp³-hybridized carbons (Fsp3) is 0.143. The zero-order valence-corrected chi connectivity index (χ0v) is 15.7. The lowest BCUT2D eigenvalue weighted by Crippen LogP contribution is -2.07. The minimum atomic E-state index is -0.332. The molecule has 3 nitrogen and oxygen atoms in total. The average Bonchev–Trinajstić information content (AvgIpc) is 3.00. The van der Waals surface area contributed by atoms with Crippen LogP contribution in [0.3, 0.4) is 0 Å². The first kappa shape index (κ1) is 18.0. The highest BCUT2D eigenvalue weighted by Crippen LogP contribution is 2.31. The van der Waals surface area contributed by atoms with Crippen LogP contribution in [0.2, 0.25) is 0 Å². The molecule has 1 heterocycles. The van der Waals surface area contributed by atoms with Gasteiger partial charge in [-0.3, -0.25) is 10.1 Å². The van der Waals surface area contributed by atoms with E-state index in [9.17, 15) is 9.18 Å². The molecule has 1 aromatic heterocycles. The Balaban J connectivity index is 1.74. The number of aryl methyl sites for hydroxylation is 3. The molecule has 0 unspecified atom stereocenters. The lowest BCUT2D eigenvalue weighted by molar-refractivity contribution is -0.111. The predicted octanol–water partition coefficient (Wildman–Crippen LogP) is 5.53. The molecular formula is C21H19FN2OS. The van der Waals surface area contributed by atoms with Crippen molar-refractivity contribution in [1.82, 2.24) is 4.98 Å². The highest BCUT2D eigenvalue weighted by molar-refractivity contribution is 7.14. The Labute approximate surface area is 156 Å². The van der Waals surface area contributed by atoms with Crippen LogP contribution < -0.4 is 5.32 Å². The number of carbonyl (C=O) groups excluding carboxylic acids is 1. The Hall–Kier alpha value is -2.79. The van der Waals surface area contributed by atoms with Crippen LogP contribution in [-0.2, 0) is 4.79 Å². The number of hydrogen-bond acceptors (Lipinski definition) is 3. The van der Waals surface area contributed by atoms with Crippen LogP contribution in [0.5, 0.6) is 0 Å². The second kappa shape index (κ2) is 7.62. The SMILES string of the molecule is Cc1cc(C)c(-c2csc(NC(=O)/C=C/c3cccc(F)c3)n2)c(C)c1. The number of benzene rings is 2. The topological polar surface area (TPSA) is 42.0 Å². The number of nitrogens with zero attached hydrogens (tertiary/aromatic N) is 1. The second-order valence-corrected chi connectivity index (χ2v) is 7.05. The molecule has 3 rings (SSSR count). The monoisotopic (exact) mass is 366 g/mol. The molecule has 26 heavy (non-hydrogen) atoms. The van der Waals surface area contributed by atoms with Crippen molar-refractivity contribution in [2.75, 3.05) is 5.32 Å². The van der Waals surface area contributed by atoms with Crippen LogP contribution in [0.15, 0.2) is 47.9 Å². The van der Waals surface area contributed by atoms with Gasteiger partial charge in [-0.2, -0.15) is 0 Å². The van der Waals surface area contributed by atoms with Gasteiger partial charge in [-0.05, 0) is 55.7 Å². The third kappa shape index (κ3) is 4.24. The summed E-state index contributed by atoms with van der Waals surface area (Å²) in [5.41, 5.74) is 6.13. The first-order valence-corrected chi connectivity index (χ1v) is 9.09. The maximum Gasteiger partial charge on any atom is 0.250 e. The zero-order chi connectivity index (χ0) is 18.7. The maximum atomic E-state index is 13.1. The van der Waals surface area contributed by atoms with Crippen LogP contribution in [0.1, 0.15) is 22.3 Å². The average molecular weight is 366 g/mol. The summed E-state index contributed by atoms with van der Waals surface area (Å²) in [5.74, 6) is -0.631. The van der Waals surface area contributed by atoms with Gasteiger partial charge in [0, 0.05) is 17.0 Å². The number of nitrogens with one attached hydrogen (secondary N) is 1. The van der Waals surface area contributed by atoms with Gasteiger partial charge in [0.2, 0.25) is 5.91 Å². The molecule has 0 aliphatic rings. The van der Waals surface area contributed by atoms with Gasteiger partial charge >= 0.3 is 0 Å². The van der Waals surface area contributed by atoms with Crippen molar-refractivity contribution in [3.63, 3.8) is 0 Å². The van der Waals surface area contributed by atoms with Gasteiger partial charge in [0.15, 0.2) is 5.13 Å². The van der Waals surface area contributed by atoms with E-state index in [-0.39, 0.29) is 11.7 Å². The highest BCUT2D eigenvalue weighted by Gasteiger charge is 2.11. The van der Waals surface area contributed by atoms with Crippen molar-refractivity contribution in [2.45, 2.75) is 20.8 Å². The number of halogens is 1. The molecule has 0 aliphatic carbocycles. The van der Waals surface area contributed by atoms with E-state index in [2.05, 4.69) is 43.2 Å². The fourth-order valence-electron chi connectivity index (χ4n) is 2.96. The summed E-state index contributed by atoms with van der Waals surface area (Å²) in [7, 11) is 0. The summed E-state index contributed by atoms with van der Waals surface area (Å²) in [6, 6.07) is 10.3. The van der Waals surface area contributed by atoms with Crippen LogP contribution in [0.25, 0.3) is 17.3 Å². The number of rotatable bonds is 4. The molecule has 1 amide bonds. The zero-order valence-electron chi connectivity index (χ0n) is 14.8. The summed E-state index contributed by atoms with van der Waals surface area (Å²) < 4.78 is 13.1. The van der Waals surface area contributed by atoms with Gasteiger partial charge in [0.25, 0.3) is 0 Å². The van der Waals surface area contributed by atoms with Gasteiger partial charge in [0.1, 0.15) is 5.82 Å². The Morgan fingerprint density at radius 3 is 2.58 bits per heavy atom. The minimum Gasteiger partial charge on any atom is -0.298 e. The molecule has 0 fully saturated rings. The van der Waals surface area contributed by atoms with E-state index >= 15 is 0 Å². The molecule has 5 heteroatoms. The van der Waals surface area contributed by atoms with Crippen molar-refractivity contribution in [3.8, 4) is 11.3 Å². The van der Waals surface area contributed by atoms with Gasteiger partial charge in [-0.25, -0.2) is 9.37 Å². The van der Waals surface area contributed by atoms with E-state index in [1.807, 2.05) is 5.38 Å². The molecule has 0 aliphatic heterocycles. The van der Waals surface area contributed by atoms with Crippen molar-refractivity contribution in [1.29, 1.82) is 0 Å². The molecule has 3 aromatic rings. The summed E-state index contributed by atoms with van der Waals surface area (Å²) in [5, 5.41) is 5.23. The van der Waals surface area contributed by atoms with Crippen molar-refractivity contribution in [3.05, 3.63) is 75.9 Å². The number of carbonyl (C=O) groups is 1. The molecule has 2 aromatic carbocycles. The summed E-state index contributed by atoms with van der Waals surface area (Å²) in [6.45, 7) is 6.20. The molecule has 0 radical (unpaired) electrons. The van der Waals surface area contributed by atoms with Gasteiger partial charge in [-0.15, -0.1) is 11.3 Å². The first-order valence-electron chi connectivity index (χ1n) is 8.21. The van der Waals surface area contributed by atoms with Crippen LogP contribution in [0, 0.1) is 26.6 Å². The molecule has 1 N–H and O–H groups in total. The minimum absolute atomic E-state index is 0.299. The van der Waals surface area contributed by atoms with E-state index in [1.54, 1.807) is 18.2 Å². The van der Waals surface area contributed by atoms with E-state index < -0.39 is 0 Å². The summed E-state index contributed by atoms with van der Waals surface area (Å²) >= 11 is 1.38. The van der Waals surface area contributed by atoms with Crippen molar-refractivity contribution in [2.24, 2.45) is 0 Å². The predicted molar refractivity (Wildman–Crippen MR) is 106 cm³/mol. The normalized spacial score (nSPS) is 11.1. The fourth-order valence-corrected chi connectivity index (χ4v) is 3.66. The smallest absolute Gasteiger partial charge is 0.250 e. The molecular weight excluding hydrogens is 347 g/mol. The molecule has 0 saturated heterocycles. The lowest BCUT2D eigenvalue weighted by Gasteiger charge is -2.08. The number of anilines is 1. The molecule has 0 saturated carbocycles. The van der Waals surface area contributed by atoms with E-state index in [0.29, 0.717) is 10.7 Å². The van der Waals surface area contributed by atoms with E-state index in [1.165, 1.54) is 35.1 Å². The largest absolute Gasteiger partial charge is 0.298 e. The second-order valence-electron chi connectivity index (χ2n) is 6.19. The lowest BCUT2D eigenvalue weighted by atomic mass is 9.98. The Morgan fingerprint density at radius 1 is 1.15 bits per heavy atom.